The van der Waals surface area contributed by atoms with Gasteiger partial charge in [-0.05, 0) is 30.3 Å². The van der Waals surface area contributed by atoms with Crippen molar-refractivity contribution in [2.45, 2.75) is 0 Å². The molecule has 3 rings (SSSR count). The second kappa shape index (κ2) is 6.71. The van der Waals surface area contributed by atoms with Gasteiger partial charge >= 0.3 is 0 Å². The molecule has 26 heavy (non-hydrogen) atoms. The van der Waals surface area contributed by atoms with Crippen molar-refractivity contribution in [2.24, 2.45) is 5.73 Å². The van der Waals surface area contributed by atoms with E-state index in [2.05, 4.69) is 22.0 Å². The van der Waals surface area contributed by atoms with E-state index in [1.807, 2.05) is 0 Å². The number of carbonyl (C=O) groups is 1. The molecular formula is C17H12F3N5O. The number of carbonyl (C=O) groups excluding carboxylic acids is 1. The third-order valence-electron chi connectivity index (χ3n) is 3.46. The summed E-state index contributed by atoms with van der Waals surface area (Å²) in [6, 6.07) is 4.69. The van der Waals surface area contributed by atoms with Gasteiger partial charge in [-0.1, -0.05) is 12.7 Å². The van der Waals surface area contributed by atoms with E-state index in [1.54, 1.807) is 0 Å². The second-order valence-electron chi connectivity index (χ2n) is 5.17. The number of nitrogens with one attached hydrogen (secondary N) is 1. The summed E-state index contributed by atoms with van der Waals surface area (Å²) >= 11 is 0. The van der Waals surface area contributed by atoms with E-state index in [-0.39, 0.29) is 22.8 Å². The Hall–Kier alpha value is -3.62. The van der Waals surface area contributed by atoms with E-state index in [0.717, 1.165) is 16.6 Å². The minimum absolute atomic E-state index is 0.00412. The maximum absolute atomic E-state index is 14.0. The lowest BCUT2D eigenvalue weighted by Crippen LogP contribution is -2.28. The van der Waals surface area contributed by atoms with Gasteiger partial charge in [-0.25, -0.2) is 22.7 Å². The molecule has 132 valence electrons. The molecule has 1 aromatic carbocycles. The number of allylic oxidation sites excluding steroid dienone is 2. The van der Waals surface area contributed by atoms with Gasteiger partial charge in [0.25, 0.3) is 5.91 Å². The summed E-state index contributed by atoms with van der Waals surface area (Å²) in [6.07, 6.45) is 4.03. The number of aromatic nitrogens is 3. The van der Waals surface area contributed by atoms with Crippen molar-refractivity contribution in [3.63, 3.8) is 0 Å². The molecule has 3 N–H and O–H groups in total. The molecule has 0 unspecified atom stereocenters. The van der Waals surface area contributed by atoms with Gasteiger partial charge in [-0.15, -0.1) is 0 Å². The number of hydrogen-bond donors (Lipinski definition) is 2. The SMILES string of the molecule is C=C/C=C(\N)NC(=O)c1cnc2ccc(-c3ccc(F)c(F)c3F)nn12. The van der Waals surface area contributed by atoms with Gasteiger partial charge in [0.1, 0.15) is 5.82 Å². The molecule has 0 radical (unpaired) electrons. The summed E-state index contributed by atoms with van der Waals surface area (Å²) in [6.45, 7) is 3.46. The van der Waals surface area contributed by atoms with Crippen LogP contribution in [0.4, 0.5) is 13.2 Å². The van der Waals surface area contributed by atoms with Crippen LogP contribution in [0.25, 0.3) is 16.9 Å². The van der Waals surface area contributed by atoms with E-state index in [0.29, 0.717) is 5.65 Å². The zero-order chi connectivity index (χ0) is 18.8. The number of imidazole rings is 1. The normalized spacial score (nSPS) is 11.6. The number of fused-ring (bicyclic) bond motifs is 1. The molecule has 0 saturated carbocycles. The first kappa shape index (κ1) is 17.2. The van der Waals surface area contributed by atoms with Crippen molar-refractivity contribution in [3.8, 4) is 11.3 Å². The van der Waals surface area contributed by atoms with Crippen LogP contribution in [0, 0.1) is 17.5 Å². The molecule has 0 spiro atoms. The van der Waals surface area contributed by atoms with Crippen LogP contribution < -0.4 is 11.1 Å². The standard InChI is InChI=1S/C17H12F3N5O/c1-2-3-13(21)23-17(26)12-8-22-14-7-6-11(24-25(12)14)9-4-5-10(18)16(20)15(9)19/h2-8H,1,21H2,(H,23,26)/b13-3+. The first-order chi connectivity index (χ1) is 12.4. The minimum Gasteiger partial charge on any atom is -0.385 e. The number of amides is 1. The van der Waals surface area contributed by atoms with E-state index in [1.165, 1.54) is 30.5 Å². The van der Waals surface area contributed by atoms with Gasteiger partial charge in [0.15, 0.2) is 28.8 Å². The van der Waals surface area contributed by atoms with Gasteiger partial charge in [0.05, 0.1) is 11.9 Å². The highest BCUT2D eigenvalue weighted by Crippen LogP contribution is 2.24. The third-order valence-corrected chi connectivity index (χ3v) is 3.46. The molecule has 2 heterocycles. The lowest BCUT2D eigenvalue weighted by Gasteiger charge is -2.07. The lowest BCUT2D eigenvalue weighted by molar-refractivity contribution is 0.0958. The summed E-state index contributed by atoms with van der Waals surface area (Å²) in [7, 11) is 0. The van der Waals surface area contributed by atoms with Crippen molar-refractivity contribution in [1.82, 2.24) is 19.9 Å². The summed E-state index contributed by atoms with van der Waals surface area (Å²) in [4.78, 5) is 16.3. The zero-order valence-corrected chi connectivity index (χ0v) is 13.2. The van der Waals surface area contributed by atoms with Crippen molar-refractivity contribution in [1.29, 1.82) is 0 Å². The molecule has 6 nitrogen and oxygen atoms in total. The quantitative estimate of drug-likeness (QED) is 0.554. The molecule has 0 aliphatic carbocycles. The molecule has 0 fully saturated rings. The van der Waals surface area contributed by atoms with E-state index >= 15 is 0 Å². The molecule has 9 heteroatoms. The average Bonchev–Trinajstić information content (AvgIpc) is 3.03. The average molecular weight is 359 g/mol. The van der Waals surface area contributed by atoms with Crippen LogP contribution in [0.2, 0.25) is 0 Å². The summed E-state index contributed by atoms with van der Waals surface area (Å²) in [5.74, 6) is -4.83. The van der Waals surface area contributed by atoms with Gasteiger partial charge in [0.2, 0.25) is 0 Å². The molecule has 0 aliphatic rings. The fourth-order valence-corrected chi connectivity index (χ4v) is 2.26. The molecule has 0 saturated heterocycles. The van der Waals surface area contributed by atoms with Gasteiger partial charge in [0, 0.05) is 5.56 Å². The second-order valence-corrected chi connectivity index (χ2v) is 5.17. The molecule has 2 aromatic heterocycles. The van der Waals surface area contributed by atoms with E-state index < -0.39 is 23.4 Å². The number of hydrogen-bond acceptors (Lipinski definition) is 4. The number of benzene rings is 1. The first-order valence-corrected chi connectivity index (χ1v) is 7.30. The third kappa shape index (κ3) is 3.02. The van der Waals surface area contributed by atoms with Crippen molar-refractivity contribution in [2.75, 3.05) is 0 Å². The fraction of sp³-hybridized carbons (Fsp3) is 0. The minimum atomic E-state index is -1.60. The molecule has 0 bridgehead atoms. The van der Waals surface area contributed by atoms with Crippen LogP contribution in [0.3, 0.4) is 0 Å². The van der Waals surface area contributed by atoms with Crippen molar-refractivity contribution >= 4 is 11.6 Å². The predicted molar refractivity (Wildman–Crippen MR) is 88.2 cm³/mol. The lowest BCUT2D eigenvalue weighted by atomic mass is 10.1. The Morgan fingerprint density at radius 1 is 1.19 bits per heavy atom. The topological polar surface area (TPSA) is 85.3 Å². The Morgan fingerprint density at radius 3 is 2.69 bits per heavy atom. The Labute approximate surface area is 145 Å². The van der Waals surface area contributed by atoms with E-state index in [9.17, 15) is 18.0 Å². The molecule has 3 aromatic rings. The molecule has 1 amide bonds. The Balaban J connectivity index is 2.07. The number of halogens is 3. The molecule has 0 atom stereocenters. The summed E-state index contributed by atoms with van der Waals surface area (Å²) in [5.41, 5.74) is 5.65. The smallest absolute Gasteiger partial charge is 0.277 e. The van der Waals surface area contributed by atoms with Crippen molar-refractivity contribution in [3.05, 3.63) is 78.2 Å². The van der Waals surface area contributed by atoms with Crippen LogP contribution in [-0.4, -0.2) is 20.5 Å². The van der Waals surface area contributed by atoms with E-state index in [4.69, 9.17) is 5.73 Å². The maximum Gasteiger partial charge on any atom is 0.277 e. The first-order valence-electron chi connectivity index (χ1n) is 7.30. The van der Waals surface area contributed by atoms with Gasteiger partial charge in [-0.3, -0.25) is 4.79 Å². The number of nitrogens with two attached hydrogens (primary N) is 1. The van der Waals surface area contributed by atoms with Crippen molar-refractivity contribution < 1.29 is 18.0 Å². The highest BCUT2D eigenvalue weighted by Gasteiger charge is 2.18. The highest BCUT2D eigenvalue weighted by atomic mass is 19.2. The van der Waals surface area contributed by atoms with Crippen LogP contribution in [0.5, 0.6) is 0 Å². The van der Waals surface area contributed by atoms with Gasteiger partial charge < -0.3 is 11.1 Å². The fourth-order valence-electron chi connectivity index (χ4n) is 2.26. The van der Waals surface area contributed by atoms with Crippen LogP contribution in [0.1, 0.15) is 10.5 Å². The maximum atomic E-state index is 14.0. The largest absolute Gasteiger partial charge is 0.385 e. The summed E-state index contributed by atoms with van der Waals surface area (Å²) < 4.78 is 41.7. The zero-order valence-electron chi connectivity index (χ0n) is 13.2. The highest BCUT2D eigenvalue weighted by molar-refractivity contribution is 5.94. The van der Waals surface area contributed by atoms with Crippen LogP contribution in [0.15, 0.2) is 55.0 Å². The molecular weight excluding hydrogens is 347 g/mol. The number of nitrogens with zero attached hydrogens (tertiary/aromatic N) is 3. The Kier molecular flexibility index (Phi) is 4.44. The van der Waals surface area contributed by atoms with Gasteiger partial charge in [-0.2, -0.15) is 5.10 Å². The monoisotopic (exact) mass is 359 g/mol. The Bertz CT molecular complexity index is 1060. The van der Waals surface area contributed by atoms with Crippen LogP contribution in [-0.2, 0) is 0 Å². The number of rotatable bonds is 4. The van der Waals surface area contributed by atoms with Crippen LogP contribution >= 0.6 is 0 Å². The summed E-state index contributed by atoms with van der Waals surface area (Å²) in [5, 5.41) is 6.50. The molecule has 0 aliphatic heterocycles. The predicted octanol–water partition coefficient (Wildman–Crippen LogP) is 2.53. The Morgan fingerprint density at radius 2 is 1.96 bits per heavy atom.